The van der Waals surface area contributed by atoms with Crippen molar-refractivity contribution in [2.75, 3.05) is 19.8 Å². The van der Waals surface area contributed by atoms with Gasteiger partial charge in [-0.3, -0.25) is 4.79 Å². The summed E-state index contributed by atoms with van der Waals surface area (Å²) in [6.07, 6.45) is 9.86. The van der Waals surface area contributed by atoms with E-state index in [1.54, 1.807) is 0 Å². The van der Waals surface area contributed by atoms with Gasteiger partial charge in [0.1, 0.15) is 6.54 Å². The van der Waals surface area contributed by atoms with Gasteiger partial charge in [0, 0.05) is 44.7 Å². The van der Waals surface area contributed by atoms with E-state index in [4.69, 9.17) is 4.74 Å². The summed E-state index contributed by atoms with van der Waals surface area (Å²) in [5.41, 5.74) is 0. The van der Waals surface area contributed by atoms with Gasteiger partial charge in [0.25, 0.3) is 0 Å². The summed E-state index contributed by atoms with van der Waals surface area (Å²) in [4.78, 5) is 11.6. The maximum absolute atomic E-state index is 11.6. The van der Waals surface area contributed by atoms with Gasteiger partial charge >= 0.3 is 0 Å². The first-order valence-corrected chi connectivity index (χ1v) is 8.11. The number of aromatic nitrogens is 1. The lowest BCUT2D eigenvalue weighted by molar-refractivity contribution is -0.697. The van der Waals surface area contributed by atoms with Crippen LogP contribution in [0.15, 0.2) is 30.6 Å². The van der Waals surface area contributed by atoms with E-state index in [2.05, 4.69) is 29.2 Å². The topological polar surface area (TPSA) is 42.2 Å². The lowest BCUT2D eigenvalue weighted by atomic mass is 10.2. The lowest BCUT2D eigenvalue weighted by Gasteiger charge is -2.05. The van der Waals surface area contributed by atoms with Crippen LogP contribution >= 0.6 is 0 Å². The van der Waals surface area contributed by atoms with E-state index < -0.39 is 0 Å². The molecule has 4 heteroatoms. The third kappa shape index (κ3) is 10.0. The molecule has 0 aliphatic carbocycles. The summed E-state index contributed by atoms with van der Waals surface area (Å²) in [6, 6.07) is 6.06. The predicted octanol–water partition coefficient (Wildman–Crippen LogP) is 2.47. The van der Waals surface area contributed by atoms with Gasteiger partial charge in [0.2, 0.25) is 5.91 Å². The number of hydrogen-bond donors (Lipinski definition) is 1. The zero-order valence-electron chi connectivity index (χ0n) is 13.2. The van der Waals surface area contributed by atoms with Gasteiger partial charge in [0.15, 0.2) is 12.4 Å². The van der Waals surface area contributed by atoms with E-state index >= 15 is 0 Å². The number of rotatable bonds is 12. The Hall–Kier alpha value is -1.42. The zero-order chi connectivity index (χ0) is 15.2. The summed E-state index contributed by atoms with van der Waals surface area (Å²) in [5.74, 6) is 0.154. The number of unbranched alkanes of at least 4 members (excludes halogenated alkanes) is 2. The van der Waals surface area contributed by atoms with Crippen molar-refractivity contribution in [2.24, 2.45) is 0 Å². The van der Waals surface area contributed by atoms with E-state index in [-0.39, 0.29) is 5.91 Å². The smallest absolute Gasteiger partial charge is 0.219 e. The molecule has 0 aromatic carbocycles. The maximum Gasteiger partial charge on any atom is 0.219 e. The molecule has 0 saturated carbocycles. The number of nitrogens with zero attached hydrogens (tertiary/aromatic N) is 1. The van der Waals surface area contributed by atoms with Crippen molar-refractivity contribution >= 4 is 5.91 Å². The Morgan fingerprint density at radius 3 is 2.57 bits per heavy atom. The van der Waals surface area contributed by atoms with Crippen LogP contribution in [0.5, 0.6) is 0 Å². The molecule has 1 N–H and O–H groups in total. The molecule has 0 unspecified atom stereocenters. The van der Waals surface area contributed by atoms with Crippen molar-refractivity contribution in [3.05, 3.63) is 30.6 Å². The fourth-order valence-electron chi connectivity index (χ4n) is 2.00. The molecule has 0 fully saturated rings. The van der Waals surface area contributed by atoms with Crippen LogP contribution in [0.2, 0.25) is 0 Å². The van der Waals surface area contributed by atoms with Crippen LogP contribution in [-0.4, -0.2) is 25.7 Å². The molecular formula is C17H29N2O2+. The third-order valence-corrected chi connectivity index (χ3v) is 3.28. The van der Waals surface area contributed by atoms with Gasteiger partial charge in [-0.1, -0.05) is 19.4 Å². The Morgan fingerprint density at radius 1 is 1.05 bits per heavy atom. The van der Waals surface area contributed by atoms with Crippen LogP contribution in [-0.2, 0) is 16.1 Å². The number of hydrogen-bond acceptors (Lipinski definition) is 2. The summed E-state index contributed by atoms with van der Waals surface area (Å²) in [5, 5.41) is 2.95. The Morgan fingerprint density at radius 2 is 1.81 bits per heavy atom. The highest BCUT2D eigenvalue weighted by atomic mass is 16.5. The molecule has 0 bridgehead atoms. The van der Waals surface area contributed by atoms with Crippen molar-refractivity contribution in [3.8, 4) is 0 Å². The first-order valence-electron chi connectivity index (χ1n) is 8.11. The van der Waals surface area contributed by atoms with Crippen LogP contribution in [0.4, 0.5) is 0 Å². The first kappa shape index (κ1) is 17.6. The molecule has 1 rings (SSSR count). The van der Waals surface area contributed by atoms with Gasteiger partial charge in [-0.2, -0.15) is 0 Å². The minimum atomic E-state index is 0.154. The first-order chi connectivity index (χ1) is 10.3. The fourth-order valence-corrected chi connectivity index (χ4v) is 2.00. The number of carbonyl (C=O) groups is 1. The van der Waals surface area contributed by atoms with Crippen molar-refractivity contribution in [1.29, 1.82) is 0 Å². The third-order valence-electron chi connectivity index (χ3n) is 3.28. The molecular weight excluding hydrogens is 264 g/mol. The molecule has 4 nitrogen and oxygen atoms in total. The number of pyridine rings is 1. The highest BCUT2D eigenvalue weighted by molar-refractivity contribution is 5.75. The molecule has 0 aliphatic heterocycles. The lowest BCUT2D eigenvalue weighted by Crippen LogP contribution is -2.32. The molecule has 0 spiro atoms. The average molecular weight is 293 g/mol. The van der Waals surface area contributed by atoms with E-state index in [0.717, 1.165) is 58.4 Å². The molecule has 1 aromatic rings. The van der Waals surface area contributed by atoms with Crippen LogP contribution < -0.4 is 9.88 Å². The second-order valence-electron chi connectivity index (χ2n) is 5.24. The number of amides is 1. The molecule has 118 valence electrons. The van der Waals surface area contributed by atoms with E-state index in [1.165, 1.54) is 0 Å². The van der Waals surface area contributed by atoms with Gasteiger partial charge in [0.05, 0.1) is 0 Å². The monoisotopic (exact) mass is 293 g/mol. The molecule has 1 amide bonds. The Labute approximate surface area is 128 Å². The van der Waals surface area contributed by atoms with Crippen molar-refractivity contribution in [3.63, 3.8) is 0 Å². The Kier molecular flexibility index (Phi) is 10.4. The average Bonchev–Trinajstić information content (AvgIpc) is 2.52. The van der Waals surface area contributed by atoms with Gasteiger partial charge in [-0.25, -0.2) is 4.57 Å². The van der Waals surface area contributed by atoms with Crippen LogP contribution in [0.1, 0.15) is 45.4 Å². The molecule has 0 aliphatic rings. The molecule has 21 heavy (non-hydrogen) atoms. The van der Waals surface area contributed by atoms with Crippen molar-refractivity contribution in [1.82, 2.24) is 5.32 Å². The molecule has 1 aromatic heterocycles. The van der Waals surface area contributed by atoms with E-state index in [1.807, 2.05) is 18.2 Å². The van der Waals surface area contributed by atoms with Gasteiger partial charge < -0.3 is 10.1 Å². The van der Waals surface area contributed by atoms with Gasteiger partial charge in [-0.05, 0) is 19.3 Å². The van der Waals surface area contributed by atoms with Crippen LogP contribution in [0.3, 0.4) is 0 Å². The largest absolute Gasteiger partial charge is 0.381 e. The van der Waals surface area contributed by atoms with Crippen LogP contribution in [0, 0.1) is 0 Å². The summed E-state index contributed by atoms with van der Waals surface area (Å²) >= 11 is 0. The standard InChI is InChI=1S/C17H28N2O2/c1-2-3-15-21-16-9-11-18-17(20)10-5-8-14-19-12-6-4-7-13-19/h4,6-7,12-13H,2-3,5,8-11,14-16H2,1H3/p+1. The molecule has 1 heterocycles. The molecule has 0 saturated heterocycles. The second kappa shape index (κ2) is 12.3. The summed E-state index contributed by atoms with van der Waals surface area (Å²) in [6.45, 7) is 5.42. The fraction of sp³-hybridized carbons (Fsp3) is 0.647. The maximum atomic E-state index is 11.6. The Balaban J connectivity index is 1.90. The van der Waals surface area contributed by atoms with Crippen molar-refractivity contribution < 1.29 is 14.1 Å². The number of ether oxygens (including phenoxy) is 1. The highest BCUT2D eigenvalue weighted by Gasteiger charge is 2.02. The SMILES string of the molecule is CCCCOCCCNC(=O)CCCC[n+]1ccccc1. The summed E-state index contributed by atoms with van der Waals surface area (Å²) < 4.78 is 7.59. The normalized spacial score (nSPS) is 10.5. The number of aryl methyl sites for hydroxylation is 1. The minimum absolute atomic E-state index is 0.154. The van der Waals surface area contributed by atoms with E-state index in [9.17, 15) is 4.79 Å². The number of carbonyl (C=O) groups excluding carboxylic acids is 1. The molecule has 0 atom stereocenters. The Bertz CT molecular complexity index is 368. The zero-order valence-corrected chi connectivity index (χ0v) is 13.2. The number of nitrogens with one attached hydrogen (secondary N) is 1. The second-order valence-corrected chi connectivity index (χ2v) is 5.24. The van der Waals surface area contributed by atoms with Crippen molar-refractivity contribution in [2.45, 2.75) is 52.0 Å². The minimum Gasteiger partial charge on any atom is -0.381 e. The predicted molar refractivity (Wildman–Crippen MR) is 83.8 cm³/mol. The highest BCUT2D eigenvalue weighted by Crippen LogP contribution is 1.96. The molecule has 0 radical (unpaired) electrons. The van der Waals surface area contributed by atoms with E-state index in [0.29, 0.717) is 6.42 Å². The quantitative estimate of drug-likeness (QED) is 0.475. The summed E-state index contributed by atoms with van der Waals surface area (Å²) in [7, 11) is 0. The van der Waals surface area contributed by atoms with Gasteiger partial charge in [-0.15, -0.1) is 0 Å². The van der Waals surface area contributed by atoms with Crippen LogP contribution in [0.25, 0.3) is 0 Å².